The average molecular weight is 203 g/mol. The van der Waals surface area contributed by atoms with Gasteiger partial charge in [-0.25, -0.2) is 0 Å². The lowest BCUT2D eigenvalue weighted by molar-refractivity contribution is 0.502. The molecule has 2 rings (SSSR count). The zero-order valence-corrected chi connectivity index (χ0v) is 9.63. The molecule has 1 aromatic rings. The Kier molecular flexibility index (Phi) is 3.79. The lowest BCUT2D eigenvalue weighted by Gasteiger charge is -2.11. The Morgan fingerprint density at radius 1 is 1.20 bits per heavy atom. The summed E-state index contributed by atoms with van der Waals surface area (Å²) >= 11 is 0. The van der Waals surface area contributed by atoms with E-state index < -0.39 is 0 Å². The van der Waals surface area contributed by atoms with Crippen molar-refractivity contribution in [2.75, 3.05) is 0 Å². The van der Waals surface area contributed by atoms with Crippen LogP contribution < -0.4 is 5.32 Å². The number of benzene rings is 1. The number of hydrogen-bond donors (Lipinski definition) is 1. The zero-order valence-electron chi connectivity index (χ0n) is 9.63. The molecule has 0 aliphatic carbocycles. The molecule has 1 unspecified atom stereocenters. The van der Waals surface area contributed by atoms with Crippen molar-refractivity contribution in [3.63, 3.8) is 0 Å². The highest BCUT2D eigenvalue weighted by Crippen LogP contribution is 2.28. The molecule has 0 saturated heterocycles. The summed E-state index contributed by atoms with van der Waals surface area (Å²) in [7, 11) is 0. The standard InChI is InChI=1S/C14H21N/c1-2-3-4-5-10-14-13-9-7-6-8-12(13)11-15-14/h6-9,14-15H,2-5,10-11H2,1H3. The summed E-state index contributed by atoms with van der Waals surface area (Å²) in [4.78, 5) is 0. The fourth-order valence-electron chi connectivity index (χ4n) is 2.41. The second kappa shape index (κ2) is 5.32. The highest BCUT2D eigenvalue weighted by Gasteiger charge is 2.19. The molecule has 0 bridgehead atoms. The summed E-state index contributed by atoms with van der Waals surface area (Å²) in [6.07, 6.45) is 6.76. The molecule has 0 amide bonds. The molecule has 0 spiro atoms. The van der Waals surface area contributed by atoms with E-state index in [2.05, 4.69) is 36.5 Å². The van der Waals surface area contributed by atoms with E-state index in [9.17, 15) is 0 Å². The average Bonchev–Trinajstić information content (AvgIpc) is 2.68. The maximum Gasteiger partial charge on any atom is 0.0326 e. The highest BCUT2D eigenvalue weighted by atomic mass is 14.9. The molecular weight excluding hydrogens is 182 g/mol. The third-order valence-corrected chi connectivity index (χ3v) is 3.32. The first-order chi connectivity index (χ1) is 7.42. The number of fused-ring (bicyclic) bond motifs is 1. The summed E-state index contributed by atoms with van der Waals surface area (Å²) in [6.45, 7) is 3.33. The van der Waals surface area contributed by atoms with Gasteiger partial charge in [0.1, 0.15) is 0 Å². The van der Waals surface area contributed by atoms with Gasteiger partial charge in [0.2, 0.25) is 0 Å². The molecule has 1 aliphatic heterocycles. The van der Waals surface area contributed by atoms with Crippen LogP contribution in [-0.2, 0) is 6.54 Å². The third kappa shape index (κ3) is 2.60. The van der Waals surface area contributed by atoms with Crippen molar-refractivity contribution < 1.29 is 0 Å². The van der Waals surface area contributed by atoms with E-state index in [1.165, 1.54) is 43.2 Å². The van der Waals surface area contributed by atoms with E-state index in [1.807, 2.05) is 0 Å². The quantitative estimate of drug-likeness (QED) is 0.718. The molecule has 1 atom stereocenters. The number of hydrogen-bond acceptors (Lipinski definition) is 1. The second-order valence-corrected chi connectivity index (χ2v) is 4.48. The molecule has 0 fully saturated rings. The van der Waals surface area contributed by atoms with Crippen molar-refractivity contribution in [1.29, 1.82) is 0 Å². The zero-order chi connectivity index (χ0) is 10.5. The summed E-state index contributed by atoms with van der Waals surface area (Å²) in [6, 6.07) is 9.44. The third-order valence-electron chi connectivity index (χ3n) is 3.32. The van der Waals surface area contributed by atoms with Crippen molar-refractivity contribution in [3.05, 3.63) is 35.4 Å². The Balaban J connectivity index is 1.85. The van der Waals surface area contributed by atoms with Crippen LogP contribution in [0.1, 0.15) is 56.2 Å². The van der Waals surface area contributed by atoms with Gasteiger partial charge in [-0.3, -0.25) is 0 Å². The van der Waals surface area contributed by atoms with Crippen LogP contribution in [0.2, 0.25) is 0 Å². The topological polar surface area (TPSA) is 12.0 Å². The van der Waals surface area contributed by atoms with Crippen LogP contribution in [0, 0.1) is 0 Å². The van der Waals surface area contributed by atoms with Gasteiger partial charge in [-0.2, -0.15) is 0 Å². The first kappa shape index (κ1) is 10.7. The fourth-order valence-corrected chi connectivity index (χ4v) is 2.41. The SMILES string of the molecule is CCCCCCC1NCc2ccccc21. The Morgan fingerprint density at radius 2 is 2.07 bits per heavy atom. The summed E-state index contributed by atoms with van der Waals surface area (Å²) < 4.78 is 0. The maximum absolute atomic E-state index is 3.60. The van der Waals surface area contributed by atoms with Gasteiger partial charge in [0, 0.05) is 12.6 Å². The van der Waals surface area contributed by atoms with Crippen LogP contribution in [0.4, 0.5) is 0 Å². The first-order valence-electron chi connectivity index (χ1n) is 6.23. The number of nitrogens with one attached hydrogen (secondary N) is 1. The van der Waals surface area contributed by atoms with Gasteiger partial charge >= 0.3 is 0 Å². The smallest absolute Gasteiger partial charge is 0.0326 e. The van der Waals surface area contributed by atoms with Gasteiger partial charge in [-0.1, -0.05) is 56.9 Å². The van der Waals surface area contributed by atoms with Gasteiger partial charge in [0.25, 0.3) is 0 Å². The van der Waals surface area contributed by atoms with E-state index in [-0.39, 0.29) is 0 Å². The number of unbranched alkanes of at least 4 members (excludes halogenated alkanes) is 3. The Hall–Kier alpha value is -0.820. The molecule has 1 N–H and O–H groups in total. The van der Waals surface area contributed by atoms with Crippen LogP contribution in [0.5, 0.6) is 0 Å². The molecule has 1 nitrogen and oxygen atoms in total. The summed E-state index contributed by atoms with van der Waals surface area (Å²) in [5.74, 6) is 0. The molecule has 0 saturated carbocycles. The van der Waals surface area contributed by atoms with E-state index >= 15 is 0 Å². The maximum atomic E-state index is 3.60. The predicted molar refractivity (Wildman–Crippen MR) is 64.8 cm³/mol. The van der Waals surface area contributed by atoms with Gasteiger partial charge < -0.3 is 5.32 Å². The monoisotopic (exact) mass is 203 g/mol. The Labute approximate surface area is 92.9 Å². The number of rotatable bonds is 5. The van der Waals surface area contributed by atoms with Crippen LogP contribution in [0.15, 0.2) is 24.3 Å². The Bertz CT molecular complexity index is 306. The molecule has 1 aromatic carbocycles. The van der Waals surface area contributed by atoms with Crippen molar-refractivity contribution in [1.82, 2.24) is 5.32 Å². The van der Waals surface area contributed by atoms with Gasteiger partial charge in [-0.05, 0) is 17.5 Å². The lowest BCUT2D eigenvalue weighted by Crippen LogP contribution is -2.11. The van der Waals surface area contributed by atoms with Crippen LogP contribution >= 0.6 is 0 Å². The minimum Gasteiger partial charge on any atom is -0.306 e. The van der Waals surface area contributed by atoms with Gasteiger partial charge in [-0.15, -0.1) is 0 Å². The van der Waals surface area contributed by atoms with E-state index in [0.717, 1.165) is 6.54 Å². The molecule has 15 heavy (non-hydrogen) atoms. The minimum absolute atomic E-state index is 0.623. The van der Waals surface area contributed by atoms with Crippen LogP contribution in [-0.4, -0.2) is 0 Å². The van der Waals surface area contributed by atoms with E-state index in [0.29, 0.717) is 6.04 Å². The fraction of sp³-hybridized carbons (Fsp3) is 0.571. The first-order valence-corrected chi connectivity index (χ1v) is 6.23. The van der Waals surface area contributed by atoms with Gasteiger partial charge in [0.15, 0.2) is 0 Å². The molecule has 1 heterocycles. The second-order valence-electron chi connectivity index (χ2n) is 4.48. The lowest BCUT2D eigenvalue weighted by atomic mass is 10.00. The van der Waals surface area contributed by atoms with E-state index in [4.69, 9.17) is 0 Å². The van der Waals surface area contributed by atoms with Crippen LogP contribution in [0.3, 0.4) is 0 Å². The highest BCUT2D eigenvalue weighted by molar-refractivity contribution is 5.33. The van der Waals surface area contributed by atoms with Crippen LogP contribution in [0.25, 0.3) is 0 Å². The minimum atomic E-state index is 0.623. The summed E-state index contributed by atoms with van der Waals surface area (Å²) in [5, 5.41) is 3.60. The molecule has 1 heteroatoms. The van der Waals surface area contributed by atoms with Crippen molar-refractivity contribution >= 4 is 0 Å². The molecular formula is C14H21N. The summed E-state index contributed by atoms with van der Waals surface area (Å²) in [5.41, 5.74) is 3.03. The molecule has 0 aromatic heterocycles. The van der Waals surface area contributed by atoms with Crippen molar-refractivity contribution in [2.45, 2.75) is 51.6 Å². The van der Waals surface area contributed by atoms with Crippen molar-refractivity contribution in [3.8, 4) is 0 Å². The largest absolute Gasteiger partial charge is 0.306 e. The van der Waals surface area contributed by atoms with E-state index in [1.54, 1.807) is 0 Å². The van der Waals surface area contributed by atoms with Crippen molar-refractivity contribution in [2.24, 2.45) is 0 Å². The molecule has 1 aliphatic rings. The molecule has 0 radical (unpaired) electrons. The predicted octanol–water partition coefficient (Wildman–Crippen LogP) is 3.80. The van der Waals surface area contributed by atoms with Gasteiger partial charge in [0.05, 0.1) is 0 Å². The Morgan fingerprint density at radius 3 is 2.93 bits per heavy atom. The normalized spacial score (nSPS) is 19.1. The molecule has 82 valence electrons.